The Labute approximate surface area is 305 Å². The summed E-state index contributed by atoms with van der Waals surface area (Å²) in [5.74, 6) is 2.83. The standard InChI is InChI=1S/C41H77N5O4/c1-7-28(2)38(39(49)50-6)46-36(48)15-12-29(3)32-13-14-33-37-34(17-19-41(32,33)5)40(4)18-16-31(26-30(40)27-35(37)47)45-25-11-24-44-22-9-8-21-43-23-10-20-42/h28-35,37-38,43-45,47H,7-27,42H2,1-6H3,(H,46,48)/t28-,29-,30+,31+,32-,33?,34?,35-,37?,38+,40+,41-/m1/s1. The average Bonchev–Trinajstić information content (AvgIpc) is 3.47. The van der Waals surface area contributed by atoms with Gasteiger partial charge in [-0.25, -0.2) is 4.79 Å². The van der Waals surface area contributed by atoms with Crippen molar-refractivity contribution in [2.75, 3.05) is 46.4 Å². The second kappa shape index (κ2) is 19.7. The Bertz CT molecular complexity index is 1050. The van der Waals surface area contributed by atoms with Crippen LogP contribution < -0.4 is 27.0 Å². The molecule has 0 radical (unpaired) electrons. The summed E-state index contributed by atoms with van der Waals surface area (Å²) in [7, 11) is 1.39. The maximum atomic E-state index is 13.0. The maximum Gasteiger partial charge on any atom is 0.328 e. The van der Waals surface area contributed by atoms with Gasteiger partial charge in [-0.15, -0.1) is 0 Å². The molecule has 0 spiro atoms. The zero-order valence-electron chi connectivity index (χ0n) is 32.9. The third kappa shape index (κ3) is 10.0. The molecule has 4 aliphatic rings. The molecule has 290 valence electrons. The smallest absolute Gasteiger partial charge is 0.328 e. The first-order chi connectivity index (χ1) is 24.0. The topological polar surface area (TPSA) is 138 Å². The van der Waals surface area contributed by atoms with Crippen molar-refractivity contribution in [3.63, 3.8) is 0 Å². The fourth-order valence-corrected chi connectivity index (χ4v) is 11.5. The summed E-state index contributed by atoms with van der Waals surface area (Å²) in [6.45, 7) is 17.6. The van der Waals surface area contributed by atoms with Crippen LogP contribution in [0.25, 0.3) is 0 Å². The Morgan fingerprint density at radius 3 is 2.22 bits per heavy atom. The zero-order chi connectivity index (χ0) is 36.3. The van der Waals surface area contributed by atoms with E-state index in [-0.39, 0.29) is 29.3 Å². The average molecular weight is 704 g/mol. The molecule has 0 aromatic carbocycles. The lowest BCUT2D eigenvalue weighted by Crippen LogP contribution is -2.59. The molecule has 1 amide bonds. The number of esters is 1. The molecule has 9 heteroatoms. The van der Waals surface area contributed by atoms with Crippen molar-refractivity contribution in [2.45, 2.75) is 149 Å². The number of hydrogen-bond donors (Lipinski definition) is 6. The Balaban J connectivity index is 1.22. The van der Waals surface area contributed by atoms with Gasteiger partial charge in [-0.2, -0.15) is 0 Å². The van der Waals surface area contributed by atoms with E-state index in [1.165, 1.54) is 64.9 Å². The summed E-state index contributed by atoms with van der Waals surface area (Å²) in [6, 6.07) is -0.00469. The van der Waals surface area contributed by atoms with Gasteiger partial charge in [0.25, 0.3) is 0 Å². The molecule has 3 unspecified atom stereocenters. The van der Waals surface area contributed by atoms with E-state index in [0.29, 0.717) is 53.4 Å². The van der Waals surface area contributed by atoms with E-state index in [2.05, 4.69) is 42.0 Å². The highest BCUT2D eigenvalue weighted by Gasteiger charge is 2.62. The molecule has 50 heavy (non-hydrogen) atoms. The van der Waals surface area contributed by atoms with Crippen molar-refractivity contribution in [2.24, 2.45) is 58.0 Å². The van der Waals surface area contributed by atoms with Gasteiger partial charge in [0, 0.05) is 12.5 Å². The molecule has 4 fully saturated rings. The summed E-state index contributed by atoms with van der Waals surface area (Å²) in [5, 5.41) is 25.8. The van der Waals surface area contributed by atoms with Crippen LogP contribution in [-0.4, -0.2) is 81.5 Å². The Hall–Kier alpha value is -1.26. The van der Waals surface area contributed by atoms with Gasteiger partial charge in [0.05, 0.1) is 13.2 Å². The molecule has 0 bridgehead atoms. The summed E-state index contributed by atoms with van der Waals surface area (Å²) in [4.78, 5) is 25.3. The van der Waals surface area contributed by atoms with Crippen molar-refractivity contribution < 1.29 is 19.4 Å². The number of methoxy groups -OCH3 is 1. The van der Waals surface area contributed by atoms with E-state index in [1.807, 2.05) is 13.8 Å². The minimum Gasteiger partial charge on any atom is -0.467 e. The van der Waals surface area contributed by atoms with Crippen LogP contribution in [0.3, 0.4) is 0 Å². The van der Waals surface area contributed by atoms with Crippen molar-refractivity contribution in [3.05, 3.63) is 0 Å². The number of nitrogens with two attached hydrogens (primary N) is 1. The lowest BCUT2D eigenvalue weighted by molar-refractivity contribution is -0.167. The molecule has 4 saturated carbocycles. The SMILES string of the molecule is CC[C@@H](C)[C@H](NC(=O)CC[C@@H](C)[C@H]1CCC2C3C(CC[C@@]21C)[C@@]1(C)CC[C@H](NCCCNCCCCNCCCN)C[C@H]1C[C@H]3O)C(=O)OC. The van der Waals surface area contributed by atoms with E-state index in [4.69, 9.17) is 10.5 Å². The first-order valence-corrected chi connectivity index (χ1v) is 20.9. The Kier molecular flexibility index (Phi) is 16.4. The quantitative estimate of drug-likeness (QED) is 0.0692. The van der Waals surface area contributed by atoms with E-state index >= 15 is 0 Å². The highest BCUT2D eigenvalue weighted by atomic mass is 16.5. The van der Waals surface area contributed by atoms with Crippen molar-refractivity contribution in [1.82, 2.24) is 21.3 Å². The van der Waals surface area contributed by atoms with Crippen LogP contribution in [-0.2, 0) is 14.3 Å². The lowest BCUT2D eigenvalue weighted by Gasteiger charge is -2.62. The Morgan fingerprint density at radius 1 is 0.880 bits per heavy atom. The second-order valence-corrected chi connectivity index (χ2v) is 17.6. The number of fused-ring (bicyclic) bond motifs is 5. The molecular weight excluding hydrogens is 626 g/mol. The Morgan fingerprint density at radius 2 is 1.54 bits per heavy atom. The summed E-state index contributed by atoms with van der Waals surface area (Å²) >= 11 is 0. The number of amides is 1. The molecule has 0 aromatic rings. The van der Waals surface area contributed by atoms with Crippen molar-refractivity contribution in [3.8, 4) is 0 Å². The van der Waals surface area contributed by atoms with Gasteiger partial charge in [-0.1, -0.05) is 41.0 Å². The van der Waals surface area contributed by atoms with Gasteiger partial charge in [-0.3, -0.25) is 4.79 Å². The fourth-order valence-electron chi connectivity index (χ4n) is 11.5. The van der Waals surface area contributed by atoms with Gasteiger partial charge >= 0.3 is 5.97 Å². The number of aliphatic hydroxyl groups excluding tert-OH is 1. The highest BCUT2D eigenvalue weighted by molar-refractivity contribution is 5.84. The van der Waals surface area contributed by atoms with Crippen LogP contribution in [0.2, 0.25) is 0 Å². The number of hydrogen-bond acceptors (Lipinski definition) is 8. The maximum absolute atomic E-state index is 13.0. The summed E-state index contributed by atoms with van der Waals surface area (Å²) in [5.41, 5.74) is 6.10. The number of carbonyl (C=O) groups is 2. The van der Waals surface area contributed by atoms with Crippen LogP contribution >= 0.6 is 0 Å². The number of aliphatic hydroxyl groups is 1. The molecule has 4 rings (SSSR count). The van der Waals surface area contributed by atoms with Crippen LogP contribution in [0.4, 0.5) is 0 Å². The summed E-state index contributed by atoms with van der Waals surface area (Å²) in [6.07, 6.45) is 16.1. The number of carbonyl (C=O) groups excluding carboxylic acids is 2. The number of rotatable bonds is 21. The van der Waals surface area contributed by atoms with E-state index in [9.17, 15) is 14.7 Å². The number of nitrogens with one attached hydrogen (secondary N) is 4. The molecule has 4 aliphatic carbocycles. The van der Waals surface area contributed by atoms with Crippen LogP contribution in [0.5, 0.6) is 0 Å². The normalized spacial score (nSPS) is 35.3. The third-order valence-corrected chi connectivity index (χ3v) is 14.7. The first kappa shape index (κ1) is 41.5. The van der Waals surface area contributed by atoms with Crippen molar-refractivity contribution in [1.29, 1.82) is 0 Å². The second-order valence-electron chi connectivity index (χ2n) is 17.6. The third-order valence-electron chi connectivity index (χ3n) is 14.7. The van der Waals surface area contributed by atoms with E-state index in [0.717, 1.165) is 71.4 Å². The lowest BCUT2D eigenvalue weighted by atomic mass is 9.43. The minimum absolute atomic E-state index is 0.0379. The van der Waals surface area contributed by atoms with Crippen LogP contribution in [0.15, 0.2) is 0 Å². The summed E-state index contributed by atoms with van der Waals surface area (Å²) < 4.78 is 4.98. The van der Waals surface area contributed by atoms with Gasteiger partial charge in [-0.05, 0) is 175 Å². The first-order valence-electron chi connectivity index (χ1n) is 20.9. The van der Waals surface area contributed by atoms with Crippen LogP contribution in [0, 0.1) is 52.3 Å². The number of ether oxygens (including phenoxy) is 1. The van der Waals surface area contributed by atoms with Gasteiger partial charge in [0.15, 0.2) is 0 Å². The predicted octanol–water partition coefficient (Wildman–Crippen LogP) is 5.39. The molecule has 0 heterocycles. The molecular formula is C41H77N5O4. The molecule has 0 saturated heterocycles. The zero-order valence-corrected chi connectivity index (χ0v) is 32.9. The molecule has 9 nitrogen and oxygen atoms in total. The van der Waals surface area contributed by atoms with Gasteiger partial charge < -0.3 is 36.8 Å². The van der Waals surface area contributed by atoms with Gasteiger partial charge in [0.1, 0.15) is 6.04 Å². The highest BCUT2D eigenvalue weighted by Crippen LogP contribution is 2.68. The fraction of sp³-hybridized carbons (Fsp3) is 0.951. The monoisotopic (exact) mass is 704 g/mol. The number of unbranched alkanes of at least 4 members (excludes halogenated alkanes) is 1. The molecule has 7 N–H and O–H groups in total. The predicted molar refractivity (Wildman–Crippen MR) is 203 cm³/mol. The van der Waals surface area contributed by atoms with Crippen molar-refractivity contribution >= 4 is 11.9 Å². The van der Waals surface area contributed by atoms with E-state index in [1.54, 1.807) is 0 Å². The molecule has 12 atom stereocenters. The largest absolute Gasteiger partial charge is 0.467 e. The molecule has 0 aliphatic heterocycles. The van der Waals surface area contributed by atoms with E-state index < -0.39 is 6.04 Å². The molecule has 0 aromatic heterocycles. The van der Waals surface area contributed by atoms with Gasteiger partial charge in [0.2, 0.25) is 5.91 Å². The van der Waals surface area contributed by atoms with Crippen LogP contribution in [0.1, 0.15) is 131 Å². The minimum atomic E-state index is -0.581.